The van der Waals surface area contributed by atoms with Crippen molar-refractivity contribution in [3.8, 4) is 0 Å². The summed E-state index contributed by atoms with van der Waals surface area (Å²) in [4.78, 5) is 0. The molecule has 0 aromatic heterocycles. The molecule has 0 aromatic carbocycles. The smallest absolute Gasteiger partial charge is 0.870 e. The summed E-state index contributed by atoms with van der Waals surface area (Å²) in [5.74, 6) is 0. The summed E-state index contributed by atoms with van der Waals surface area (Å²) in [7, 11) is 0. The van der Waals surface area contributed by atoms with E-state index in [2.05, 4.69) is 0 Å². The molecule has 0 aromatic rings. The van der Waals surface area contributed by atoms with Crippen LogP contribution in [0.5, 0.6) is 0 Å². The molecule has 0 unspecified atom stereocenters. The molecule has 0 saturated heterocycles. The molecule has 0 fully saturated rings. The Morgan fingerprint density at radius 3 is 0.167 bits per heavy atom. The summed E-state index contributed by atoms with van der Waals surface area (Å²) >= 11 is 0. The van der Waals surface area contributed by atoms with Gasteiger partial charge in [-0.25, -0.2) is 0 Å². The maximum absolute atomic E-state index is 0. The van der Waals surface area contributed by atoms with Crippen molar-refractivity contribution >= 4 is 0 Å². The van der Waals surface area contributed by atoms with Crippen molar-refractivity contribution in [1.82, 2.24) is 0 Å². The van der Waals surface area contributed by atoms with Crippen LogP contribution in [0.3, 0.4) is 0 Å². The maximum Gasteiger partial charge on any atom is 4.00 e. The van der Waals surface area contributed by atoms with Crippen molar-refractivity contribution in [3.05, 3.63) is 0 Å². The van der Waals surface area contributed by atoms with Crippen LogP contribution in [0.2, 0.25) is 0 Å². The second-order valence-electron chi connectivity index (χ2n) is 0. The Balaban J connectivity index is 0. The van der Waals surface area contributed by atoms with E-state index in [0.29, 0.717) is 0 Å². The van der Waals surface area contributed by atoms with Crippen molar-refractivity contribution in [1.29, 1.82) is 0 Å². The van der Waals surface area contributed by atoms with Crippen LogP contribution in [0.25, 0.3) is 0 Å². The van der Waals surface area contributed by atoms with Gasteiger partial charge in [0.1, 0.15) is 0 Å². The summed E-state index contributed by atoms with van der Waals surface area (Å²) in [6, 6.07) is 0. The fourth-order valence-corrected chi connectivity index (χ4v) is 0. The molecule has 0 bridgehead atoms. The van der Waals surface area contributed by atoms with Gasteiger partial charge in [0, 0.05) is 0 Å². The first kappa shape index (κ1) is 298. The second kappa shape index (κ2) is 240. The molecule has 0 aliphatic heterocycles. The predicted molar refractivity (Wildman–Crippen MR) is 15.5 cm³/mol. The van der Waals surface area contributed by atoms with Crippen LogP contribution in [0, 0.1) is 0 Å². The SMILES string of the molecule is [OH-].[OH-].[OH-].[OH-].[OH-].[OH-].[OH-].[OH-].[Zr+4].[Zr+4].[Zr+4].[Zr+4]. The molecule has 0 atom stereocenters. The van der Waals surface area contributed by atoms with Gasteiger partial charge in [-0.15, -0.1) is 0 Å². The van der Waals surface area contributed by atoms with E-state index in [1.165, 1.54) is 0 Å². The third-order valence-corrected chi connectivity index (χ3v) is 0. The van der Waals surface area contributed by atoms with E-state index in [9.17, 15) is 0 Å². The average molecular weight is 501 g/mol. The Morgan fingerprint density at radius 2 is 0.167 bits per heavy atom. The summed E-state index contributed by atoms with van der Waals surface area (Å²) in [6.07, 6.45) is 0. The summed E-state index contributed by atoms with van der Waals surface area (Å²) in [5, 5.41) is 0. The Morgan fingerprint density at radius 1 is 0.167 bits per heavy atom. The van der Waals surface area contributed by atoms with E-state index < -0.39 is 0 Å². The number of hydrogen-bond donors (Lipinski definition) is 0. The van der Waals surface area contributed by atoms with E-state index in [4.69, 9.17) is 0 Å². The monoisotopic (exact) mass is 496 g/mol. The summed E-state index contributed by atoms with van der Waals surface area (Å²) in [6.45, 7) is 0. The largest absolute Gasteiger partial charge is 4.00 e. The Hall–Kier alpha value is 3.21. The van der Waals surface area contributed by atoms with Gasteiger partial charge in [-0.1, -0.05) is 0 Å². The average Bonchev–Trinajstić information content (AvgIpc) is 0. The molecular formula is H8O8Zr4+8. The van der Waals surface area contributed by atoms with Gasteiger partial charge in [-0.3, -0.25) is 0 Å². The van der Waals surface area contributed by atoms with Crippen LogP contribution < -0.4 is 0 Å². The van der Waals surface area contributed by atoms with Gasteiger partial charge in [0.2, 0.25) is 0 Å². The van der Waals surface area contributed by atoms with Crippen molar-refractivity contribution in [2.45, 2.75) is 0 Å². The van der Waals surface area contributed by atoms with E-state index in [1.807, 2.05) is 0 Å². The Kier molecular flexibility index (Phi) is 5970. The van der Waals surface area contributed by atoms with Gasteiger partial charge in [0.05, 0.1) is 0 Å². The normalized spacial score (nSPS) is 0. The van der Waals surface area contributed by atoms with Crippen molar-refractivity contribution in [3.63, 3.8) is 0 Å². The minimum Gasteiger partial charge on any atom is -0.870 e. The molecule has 0 aliphatic carbocycles. The molecule has 12 heteroatoms. The number of rotatable bonds is 0. The predicted octanol–water partition coefficient (Wildman–Crippen LogP) is -1.42. The Bertz CT molecular complexity index is 11.0. The van der Waals surface area contributed by atoms with Crippen molar-refractivity contribution < 1.29 is 149 Å². The Labute approximate surface area is 146 Å². The van der Waals surface area contributed by atoms with Gasteiger partial charge in [-0.05, 0) is 0 Å². The molecule has 0 spiro atoms. The zero-order valence-corrected chi connectivity index (χ0v) is 15.4. The van der Waals surface area contributed by atoms with Crippen molar-refractivity contribution in [2.24, 2.45) is 0 Å². The summed E-state index contributed by atoms with van der Waals surface area (Å²) in [5.41, 5.74) is 0. The van der Waals surface area contributed by atoms with Crippen LogP contribution in [0.4, 0.5) is 0 Å². The van der Waals surface area contributed by atoms with Crippen LogP contribution in [0.15, 0.2) is 0 Å². The molecule has 0 rings (SSSR count). The molecular weight excluding hydrogens is 493 g/mol. The van der Waals surface area contributed by atoms with Crippen molar-refractivity contribution in [2.75, 3.05) is 0 Å². The van der Waals surface area contributed by atoms with Gasteiger partial charge in [0.25, 0.3) is 0 Å². The van der Waals surface area contributed by atoms with E-state index in [-0.39, 0.29) is 149 Å². The van der Waals surface area contributed by atoms with E-state index in [0.717, 1.165) is 0 Å². The quantitative estimate of drug-likeness (QED) is 0.380. The molecule has 0 amide bonds. The molecule has 64 valence electrons. The molecule has 12 heavy (non-hydrogen) atoms. The minimum atomic E-state index is 0. The van der Waals surface area contributed by atoms with Gasteiger partial charge in [-0.2, -0.15) is 0 Å². The number of hydrogen-bond acceptors (Lipinski definition) is 8. The van der Waals surface area contributed by atoms with Crippen LogP contribution in [-0.4, -0.2) is 43.8 Å². The van der Waals surface area contributed by atoms with E-state index >= 15 is 0 Å². The third kappa shape index (κ3) is 191. The minimum absolute atomic E-state index is 0. The molecule has 8 N–H and O–H groups in total. The summed E-state index contributed by atoms with van der Waals surface area (Å²) < 4.78 is 0. The molecule has 0 radical (unpaired) electrons. The first-order chi connectivity index (χ1) is 0. The first-order valence-corrected chi connectivity index (χ1v) is 0. The van der Waals surface area contributed by atoms with Crippen LogP contribution >= 0.6 is 0 Å². The first-order valence-electron chi connectivity index (χ1n) is 0. The van der Waals surface area contributed by atoms with E-state index in [1.54, 1.807) is 0 Å². The van der Waals surface area contributed by atoms with Gasteiger partial charge >= 0.3 is 105 Å². The maximum atomic E-state index is 0. The standard InChI is InChI=1S/8H2O.4Zr/h8*1H2;;;;/q;;;;;;;;4*+4/p-8. The van der Waals surface area contributed by atoms with Gasteiger partial charge in [0.15, 0.2) is 0 Å². The second-order valence-corrected chi connectivity index (χ2v) is 0. The topological polar surface area (TPSA) is 240 Å². The van der Waals surface area contributed by atoms with Crippen LogP contribution in [-0.2, 0) is 105 Å². The van der Waals surface area contributed by atoms with Crippen LogP contribution in [0.1, 0.15) is 0 Å². The molecule has 0 saturated carbocycles. The zero-order valence-electron chi connectivity index (χ0n) is 5.58. The fourth-order valence-electron chi connectivity index (χ4n) is 0. The zero-order chi connectivity index (χ0) is 0. The molecule has 8 nitrogen and oxygen atoms in total. The molecule has 0 aliphatic rings. The fraction of sp³-hybridized carbons (Fsp3) is 0. The third-order valence-electron chi connectivity index (χ3n) is 0. The molecule has 0 heterocycles. The van der Waals surface area contributed by atoms with Gasteiger partial charge < -0.3 is 43.8 Å².